The maximum atomic E-state index is 12.6. The second kappa shape index (κ2) is 13.9. The molecule has 3 aromatic rings. The van der Waals surface area contributed by atoms with Crippen LogP contribution in [-0.4, -0.2) is 69.0 Å². The zero-order valence-corrected chi connectivity index (χ0v) is 23.4. The van der Waals surface area contributed by atoms with Crippen molar-refractivity contribution in [1.29, 1.82) is 0 Å². The van der Waals surface area contributed by atoms with E-state index < -0.39 is 23.2 Å². The van der Waals surface area contributed by atoms with Crippen LogP contribution in [0, 0.1) is 0 Å². The number of hydrogen-bond acceptors (Lipinski definition) is 8. The van der Waals surface area contributed by atoms with Crippen molar-refractivity contribution in [2.24, 2.45) is 0 Å². The quantitative estimate of drug-likeness (QED) is 0.378. The van der Waals surface area contributed by atoms with E-state index in [2.05, 4.69) is 32.5 Å². The van der Waals surface area contributed by atoms with E-state index in [9.17, 15) is 27.9 Å². The second-order valence-corrected chi connectivity index (χ2v) is 10.3. The summed E-state index contributed by atoms with van der Waals surface area (Å²) in [5.74, 6) is -0.108. The molecule has 3 heterocycles. The number of aromatic nitrogens is 3. The number of nitrogens with one attached hydrogen (secondary N) is 2. The molecule has 1 saturated heterocycles. The Morgan fingerprint density at radius 1 is 1.12 bits per heavy atom. The molecule has 2 aromatic heterocycles. The molecule has 1 saturated carbocycles. The van der Waals surface area contributed by atoms with E-state index in [0.29, 0.717) is 49.4 Å². The molecule has 1 aliphatic carbocycles. The highest BCUT2D eigenvalue weighted by molar-refractivity contribution is 5.96. The van der Waals surface area contributed by atoms with Gasteiger partial charge in [0.15, 0.2) is 0 Å². The molecule has 1 aromatic carbocycles. The normalized spacial score (nSPS) is 20.5. The van der Waals surface area contributed by atoms with Gasteiger partial charge in [0.25, 0.3) is 11.8 Å². The Morgan fingerprint density at radius 2 is 1.81 bits per heavy atom. The Bertz CT molecular complexity index is 1320. The van der Waals surface area contributed by atoms with Gasteiger partial charge in [0, 0.05) is 37.1 Å². The Balaban J connectivity index is 0.000000193. The van der Waals surface area contributed by atoms with Gasteiger partial charge in [-0.3, -0.25) is 9.59 Å². The Labute approximate surface area is 241 Å². The fourth-order valence-electron chi connectivity index (χ4n) is 5.02. The standard InChI is InChI=1S/C15H20N4O2.C14H15F3N2O2/c1-2-16-11-4-6-15(20,7-5-11)12-10-21-14(19-12)13-17-8-3-9-18-13;15-14(16,17)11-5-3-4-10(8-11)13(21)18-9-12(20)19-6-1-2-7-19/h3,8-11,16,20H,2,4-7H2,1H3;3-5,8H,1-2,6-7,9H2,(H,18,21). The smallest absolute Gasteiger partial charge is 0.416 e. The fourth-order valence-corrected chi connectivity index (χ4v) is 5.02. The van der Waals surface area contributed by atoms with Gasteiger partial charge in [0.1, 0.15) is 17.6 Å². The summed E-state index contributed by atoms with van der Waals surface area (Å²) in [7, 11) is 0. The minimum Gasteiger partial charge on any atom is -0.442 e. The van der Waals surface area contributed by atoms with Crippen LogP contribution in [0.4, 0.5) is 13.2 Å². The molecule has 226 valence electrons. The van der Waals surface area contributed by atoms with Crippen molar-refractivity contribution in [3.63, 3.8) is 0 Å². The van der Waals surface area contributed by atoms with E-state index in [1.54, 1.807) is 23.4 Å². The van der Waals surface area contributed by atoms with Gasteiger partial charge in [0.2, 0.25) is 11.7 Å². The SMILES string of the molecule is CCNC1CCC(O)(c2coc(-c3ncccn3)n2)CC1.O=C(NCC(=O)N1CCCC1)c1cccc(C(F)(F)F)c1. The molecule has 2 fully saturated rings. The number of hydrogen-bond donors (Lipinski definition) is 3. The molecule has 42 heavy (non-hydrogen) atoms. The van der Waals surface area contributed by atoms with E-state index in [4.69, 9.17) is 4.42 Å². The van der Waals surface area contributed by atoms with Crippen molar-refractivity contribution in [2.45, 2.75) is 63.3 Å². The number of carbonyl (C=O) groups is 2. The molecule has 0 unspecified atom stereocenters. The Hall–Kier alpha value is -3.84. The molecule has 13 heteroatoms. The third-order valence-electron chi connectivity index (χ3n) is 7.35. The molecule has 10 nitrogen and oxygen atoms in total. The minimum atomic E-state index is -4.50. The third-order valence-corrected chi connectivity index (χ3v) is 7.35. The van der Waals surface area contributed by atoms with Crippen LogP contribution in [0.25, 0.3) is 11.7 Å². The lowest BCUT2D eigenvalue weighted by Gasteiger charge is -2.34. The van der Waals surface area contributed by atoms with Crippen molar-refractivity contribution in [3.05, 3.63) is 65.8 Å². The van der Waals surface area contributed by atoms with Crippen LogP contribution in [0.3, 0.4) is 0 Å². The van der Waals surface area contributed by atoms with Crippen molar-refractivity contribution >= 4 is 11.8 Å². The molecule has 2 amide bonds. The number of aliphatic hydroxyl groups is 1. The number of amides is 2. The predicted molar refractivity (Wildman–Crippen MR) is 147 cm³/mol. The zero-order chi connectivity index (χ0) is 30.2. The first-order valence-corrected chi connectivity index (χ1v) is 14.0. The maximum Gasteiger partial charge on any atom is 0.416 e. The highest BCUT2D eigenvalue weighted by Gasteiger charge is 2.37. The van der Waals surface area contributed by atoms with Crippen LogP contribution in [0.2, 0.25) is 0 Å². The van der Waals surface area contributed by atoms with Crippen LogP contribution in [0.1, 0.15) is 67.1 Å². The van der Waals surface area contributed by atoms with Crippen LogP contribution in [0.15, 0.2) is 53.4 Å². The number of likely N-dealkylation sites (tertiary alicyclic amines) is 1. The highest BCUT2D eigenvalue weighted by atomic mass is 19.4. The third kappa shape index (κ3) is 8.13. The number of carbonyl (C=O) groups excluding carboxylic acids is 2. The summed E-state index contributed by atoms with van der Waals surface area (Å²) in [6.07, 6.45) is 5.44. The summed E-state index contributed by atoms with van der Waals surface area (Å²) in [4.78, 5) is 37.8. The topological polar surface area (TPSA) is 133 Å². The van der Waals surface area contributed by atoms with Gasteiger partial charge in [-0.15, -0.1) is 0 Å². The summed E-state index contributed by atoms with van der Waals surface area (Å²) < 4.78 is 43.1. The molecule has 0 atom stereocenters. The number of nitrogens with zero attached hydrogens (tertiary/aromatic N) is 4. The Kier molecular flexibility index (Phi) is 10.3. The molecule has 3 N–H and O–H groups in total. The van der Waals surface area contributed by atoms with Gasteiger partial charge < -0.3 is 25.1 Å². The van der Waals surface area contributed by atoms with E-state index in [0.717, 1.165) is 44.4 Å². The first kappa shape index (κ1) is 31.1. The average Bonchev–Trinajstić information content (AvgIpc) is 3.72. The summed E-state index contributed by atoms with van der Waals surface area (Å²) >= 11 is 0. The number of halogens is 3. The van der Waals surface area contributed by atoms with Crippen molar-refractivity contribution in [1.82, 2.24) is 30.5 Å². The highest BCUT2D eigenvalue weighted by Crippen LogP contribution is 2.37. The van der Waals surface area contributed by atoms with Gasteiger partial charge in [-0.25, -0.2) is 15.0 Å². The summed E-state index contributed by atoms with van der Waals surface area (Å²) in [5, 5.41) is 16.6. The summed E-state index contributed by atoms with van der Waals surface area (Å²) in [6.45, 7) is 4.19. The molecule has 5 rings (SSSR count). The zero-order valence-electron chi connectivity index (χ0n) is 23.4. The Morgan fingerprint density at radius 3 is 2.45 bits per heavy atom. The number of alkyl halides is 3. The van der Waals surface area contributed by atoms with Crippen LogP contribution in [0.5, 0.6) is 0 Å². The second-order valence-electron chi connectivity index (χ2n) is 10.3. The largest absolute Gasteiger partial charge is 0.442 e. The van der Waals surface area contributed by atoms with Gasteiger partial charge >= 0.3 is 6.18 Å². The van der Waals surface area contributed by atoms with Crippen LogP contribution >= 0.6 is 0 Å². The lowest BCUT2D eigenvalue weighted by molar-refractivity contribution is -0.137. The first-order chi connectivity index (χ1) is 20.1. The number of oxazole rings is 1. The monoisotopic (exact) mass is 588 g/mol. The number of rotatable bonds is 7. The molecule has 0 bridgehead atoms. The molecular weight excluding hydrogens is 553 g/mol. The minimum absolute atomic E-state index is 0.112. The predicted octanol–water partition coefficient (Wildman–Crippen LogP) is 3.93. The van der Waals surface area contributed by atoms with Gasteiger partial charge in [-0.2, -0.15) is 13.2 Å². The van der Waals surface area contributed by atoms with Gasteiger partial charge in [0.05, 0.1) is 12.1 Å². The van der Waals surface area contributed by atoms with Gasteiger partial charge in [-0.1, -0.05) is 13.0 Å². The summed E-state index contributed by atoms with van der Waals surface area (Å²) in [5.41, 5.74) is -1.32. The molecule has 0 spiro atoms. The lowest BCUT2D eigenvalue weighted by Crippen LogP contribution is -2.39. The first-order valence-electron chi connectivity index (χ1n) is 14.0. The van der Waals surface area contributed by atoms with Crippen molar-refractivity contribution < 1.29 is 32.3 Å². The van der Waals surface area contributed by atoms with Gasteiger partial charge in [-0.05, 0) is 69.3 Å². The maximum absolute atomic E-state index is 12.6. The van der Waals surface area contributed by atoms with E-state index in [-0.39, 0.29) is 18.0 Å². The molecular formula is C29H35F3N6O4. The molecule has 2 aliphatic rings. The molecule has 0 radical (unpaired) electrons. The van der Waals surface area contributed by atoms with Crippen molar-refractivity contribution in [3.8, 4) is 11.7 Å². The fraction of sp³-hybridized carbons (Fsp3) is 0.483. The van der Waals surface area contributed by atoms with Crippen LogP contribution in [-0.2, 0) is 16.6 Å². The number of benzene rings is 1. The van der Waals surface area contributed by atoms with Crippen molar-refractivity contribution in [2.75, 3.05) is 26.2 Å². The van der Waals surface area contributed by atoms with Crippen LogP contribution < -0.4 is 10.6 Å². The van der Waals surface area contributed by atoms with E-state index in [1.165, 1.54) is 18.4 Å². The average molecular weight is 589 g/mol. The summed E-state index contributed by atoms with van der Waals surface area (Å²) in [6, 6.07) is 6.34. The lowest BCUT2D eigenvalue weighted by atomic mass is 9.80. The van der Waals surface area contributed by atoms with E-state index in [1.807, 2.05) is 0 Å². The van der Waals surface area contributed by atoms with E-state index >= 15 is 0 Å². The molecule has 1 aliphatic heterocycles.